The van der Waals surface area contributed by atoms with Crippen molar-refractivity contribution in [2.75, 3.05) is 19.8 Å². The molecule has 3 nitrogen and oxygen atoms in total. The molecule has 0 rings (SSSR count). The van der Waals surface area contributed by atoms with Gasteiger partial charge in [0.15, 0.2) is 9.04 Å². The Morgan fingerprint density at radius 3 is 2.21 bits per heavy atom. The van der Waals surface area contributed by atoms with E-state index in [0.29, 0.717) is 13.2 Å². The summed E-state index contributed by atoms with van der Waals surface area (Å²) in [7, 11) is -1.02. The fraction of sp³-hybridized carbons (Fsp3) is 1.00. The molecule has 0 aliphatic heterocycles. The summed E-state index contributed by atoms with van der Waals surface area (Å²) in [6.07, 6.45) is 0.140. The van der Waals surface area contributed by atoms with Gasteiger partial charge in [-0.2, -0.15) is 0 Å². The zero-order valence-corrected chi connectivity index (χ0v) is 11.2. The lowest BCUT2D eigenvalue weighted by molar-refractivity contribution is -0.0147. The molecule has 0 fully saturated rings. The summed E-state index contributed by atoms with van der Waals surface area (Å²) in [6, 6.07) is 0. The maximum absolute atomic E-state index is 8.61. The second-order valence-electron chi connectivity index (χ2n) is 4.84. The normalized spacial score (nSPS) is 14.8. The van der Waals surface area contributed by atoms with Gasteiger partial charge in [-0.15, -0.1) is 0 Å². The van der Waals surface area contributed by atoms with Crippen LogP contribution in [0.3, 0.4) is 0 Å². The first kappa shape index (κ1) is 14.1. The molecule has 0 bridgehead atoms. The van der Waals surface area contributed by atoms with Crippen molar-refractivity contribution in [1.29, 1.82) is 0 Å². The molecule has 0 aliphatic rings. The van der Waals surface area contributed by atoms with E-state index in [9.17, 15) is 0 Å². The number of aliphatic hydroxyl groups is 1. The van der Waals surface area contributed by atoms with Crippen LogP contribution in [-0.2, 0) is 9.16 Å². The molecule has 1 N–H and O–H groups in total. The quantitative estimate of drug-likeness (QED) is 0.543. The lowest BCUT2D eigenvalue weighted by atomic mass is 9.90. The summed E-state index contributed by atoms with van der Waals surface area (Å²) in [5, 5.41) is 8.61. The molecule has 0 aromatic rings. The van der Waals surface area contributed by atoms with Gasteiger partial charge in [0.25, 0.3) is 0 Å². The summed E-state index contributed by atoms with van der Waals surface area (Å²) >= 11 is 0. The van der Waals surface area contributed by atoms with Gasteiger partial charge in [-0.1, -0.05) is 20.8 Å². The topological polar surface area (TPSA) is 38.7 Å². The predicted octanol–water partition coefficient (Wildman–Crippen LogP) is 1.41. The van der Waals surface area contributed by atoms with Gasteiger partial charge < -0.3 is 14.3 Å². The average Bonchev–Trinajstić information content (AvgIpc) is 2.00. The molecular weight excluding hydrogens is 196 g/mol. The molecule has 0 heterocycles. The number of hydrogen-bond acceptors (Lipinski definition) is 3. The fourth-order valence-corrected chi connectivity index (χ4v) is 2.22. The van der Waals surface area contributed by atoms with Crippen LogP contribution in [0, 0.1) is 5.41 Å². The van der Waals surface area contributed by atoms with E-state index in [-0.39, 0.29) is 18.1 Å². The van der Waals surface area contributed by atoms with Crippen LogP contribution in [0.4, 0.5) is 0 Å². The van der Waals surface area contributed by atoms with Crippen molar-refractivity contribution in [2.24, 2.45) is 5.41 Å². The average molecular weight is 220 g/mol. The minimum Gasteiger partial charge on any atom is -0.415 e. The zero-order chi connectivity index (χ0) is 11.2. The van der Waals surface area contributed by atoms with Crippen LogP contribution in [0.5, 0.6) is 0 Å². The van der Waals surface area contributed by atoms with Crippen molar-refractivity contribution >= 4 is 9.04 Å². The van der Waals surface area contributed by atoms with Crippen LogP contribution in [0.25, 0.3) is 0 Å². The Hall–Kier alpha value is 0.0969. The molecule has 86 valence electrons. The molecule has 4 heteroatoms. The SMILES string of the molecule is C[SiH](C)OC(COCCO)C(C)(C)C. The minimum absolute atomic E-state index is 0.0793. The highest BCUT2D eigenvalue weighted by molar-refractivity contribution is 6.48. The van der Waals surface area contributed by atoms with E-state index in [0.717, 1.165) is 0 Å². The Morgan fingerprint density at radius 2 is 1.86 bits per heavy atom. The van der Waals surface area contributed by atoms with Gasteiger partial charge >= 0.3 is 0 Å². The zero-order valence-electron chi connectivity index (χ0n) is 10.0. The first-order valence-corrected chi connectivity index (χ1v) is 8.00. The van der Waals surface area contributed by atoms with Crippen molar-refractivity contribution in [3.05, 3.63) is 0 Å². The summed E-state index contributed by atoms with van der Waals surface area (Å²) < 4.78 is 11.2. The van der Waals surface area contributed by atoms with Crippen LogP contribution in [0.1, 0.15) is 20.8 Å². The Morgan fingerprint density at radius 1 is 1.29 bits per heavy atom. The third kappa shape index (κ3) is 6.54. The maximum atomic E-state index is 8.61. The van der Waals surface area contributed by atoms with E-state index in [1.807, 2.05) is 0 Å². The molecule has 0 saturated heterocycles. The highest BCUT2D eigenvalue weighted by Gasteiger charge is 2.26. The number of rotatable bonds is 6. The lowest BCUT2D eigenvalue weighted by Crippen LogP contribution is -2.37. The Balaban J connectivity index is 3.99. The number of hydrogen-bond donors (Lipinski definition) is 1. The standard InChI is InChI=1S/C10H24O3Si/c1-10(2,3)9(13-14(4)5)8-12-7-6-11/h9,11,14H,6-8H2,1-5H3. The van der Waals surface area contributed by atoms with E-state index in [1.54, 1.807) is 0 Å². The second kappa shape index (κ2) is 6.56. The van der Waals surface area contributed by atoms with Gasteiger partial charge in [-0.25, -0.2) is 0 Å². The lowest BCUT2D eigenvalue weighted by Gasteiger charge is -2.32. The van der Waals surface area contributed by atoms with E-state index < -0.39 is 9.04 Å². The van der Waals surface area contributed by atoms with Crippen LogP contribution >= 0.6 is 0 Å². The summed E-state index contributed by atoms with van der Waals surface area (Å²) in [5.41, 5.74) is 0.104. The van der Waals surface area contributed by atoms with E-state index in [4.69, 9.17) is 14.3 Å². The summed E-state index contributed by atoms with van der Waals surface area (Å²) in [5.74, 6) is 0. The summed E-state index contributed by atoms with van der Waals surface area (Å²) in [6.45, 7) is 11.8. The second-order valence-corrected chi connectivity index (χ2v) is 7.21. The molecule has 0 saturated carbocycles. The molecule has 0 radical (unpaired) electrons. The number of aliphatic hydroxyl groups excluding tert-OH is 1. The van der Waals surface area contributed by atoms with Crippen LogP contribution in [0.2, 0.25) is 13.1 Å². The van der Waals surface area contributed by atoms with Crippen molar-refractivity contribution in [3.63, 3.8) is 0 Å². The molecule has 0 spiro atoms. The third-order valence-electron chi connectivity index (χ3n) is 1.91. The highest BCUT2D eigenvalue weighted by Crippen LogP contribution is 2.23. The predicted molar refractivity (Wildman–Crippen MR) is 61.1 cm³/mol. The van der Waals surface area contributed by atoms with Crippen LogP contribution < -0.4 is 0 Å². The molecule has 0 aliphatic carbocycles. The first-order chi connectivity index (χ1) is 6.38. The van der Waals surface area contributed by atoms with Gasteiger partial charge in [0.05, 0.1) is 25.9 Å². The van der Waals surface area contributed by atoms with Gasteiger partial charge in [0.2, 0.25) is 0 Å². The van der Waals surface area contributed by atoms with Crippen LogP contribution in [0.15, 0.2) is 0 Å². The molecule has 0 amide bonds. The monoisotopic (exact) mass is 220 g/mol. The summed E-state index contributed by atoms with van der Waals surface area (Å²) in [4.78, 5) is 0. The van der Waals surface area contributed by atoms with Crippen LogP contribution in [-0.4, -0.2) is 40.1 Å². The van der Waals surface area contributed by atoms with E-state index >= 15 is 0 Å². The van der Waals surface area contributed by atoms with E-state index in [2.05, 4.69) is 33.9 Å². The third-order valence-corrected chi connectivity index (χ3v) is 2.78. The molecule has 1 unspecified atom stereocenters. The Kier molecular flexibility index (Phi) is 6.60. The molecule has 14 heavy (non-hydrogen) atoms. The van der Waals surface area contributed by atoms with Crippen molar-refractivity contribution < 1.29 is 14.3 Å². The van der Waals surface area contributed by atoms with E-state index in [1.165, 1.54) is 0 Å². The molecular formula is C10H24O3Si. The fourth-order valence-electron chi connectivity index (χ4n) is 1.08. The Bertz CT molecular complexity index is 143. The van der Waals surface area contributed by atoms with Crippen molar-refractivity contribution in [3.8, 4) is 0 Å². The van der Waals surface area contributed by atoms with Gasteiger partial charge in [0, 0.05) is 0 Å². The van der Waals surface area contributed by atoms with Gasteiger partial charge in [0.1, 0.15) is 0 Å². The number of ether oxygens (including phenoxy) is 1. The Labute approximate surface area is 89.1 Å². The van der Waals surface area contributed by atoms with Gasteiger partial charge in [-0.3, -0.25) is 0 Å². The first-order valence-electron chi connectivity index (χ1n) is 5.22. The van der Waals surface area contributed by atoms with Crippen molar-refractivity contribution in [1.82, 2.24) is 0 Å². The smallest absolute Gasteiger partial charge is 0.171 e. The molecule has 0 aromatic heterocycles. The molecule has 1 atom stereocenters. The maximum Gasteiger partial charge on any atom is 0.171 e. The largest absolute Gasteiger partial charge is 0.415 e. The minimum atomic E-state index is -1.02. The van der Waals surface area contributed by atoms with Gasteiger partial charge in [-0.05, 0) is 18.5 Å². The van der Waals surface area contributed by atoms with Crippen molar-refractivity contribution in [2.45, 2.75) is 40.0 Å². The molecule has 0 aromatic carbocycles. The highest BCUT2D eigenvalue weighted by atomic mass is 28.3.